The van der Waals surface area contributed by atoms with Gasteiger partial charge >= 0.3 is 5.97 Å². The third-order valence-corrected chi connectivity index (χ3v) is 5.56. The summed E-state index contributed by atoms with van der Waals surface area (Å²) < 4.78 is 23.5. The molecule has 0 bridgehead atoms. The topological polar surface area (TPSA) is 93.1 Å². The first-order valence-electron chi connectivity index (χ1n) is 10.6. The number of benzene rings is 1. The van der Waals surface area contributed by atoms with Crippen molar-refractivity contribution in [2.75, 3.05) is 26.9 Å². The largest absolute Gasteiger partial charge is 0.493 e. The average Bonchev–Trinajstić information content (AvgIpc) is 3.39. The van der Waals surface area contributed by atoms with E-state index in [1.807, 2.05) is 19.9 Å². The zero-order valence-electron chi connectivity index (χ0n) is 18.9. The molecule has 1 aromatic carbocycles. The van der Waals surface area contributed by atoms with Crippen LogP contribution in [0.2, 0.25) is 0 Å². The minimum atomic E-state index is -0.677. The second kappa shape index (κ2) is 10.5. The predicted molar refractivity (Wildman–Crippen MR) is 117 cm³/mol. The summed E-state index contributed by atoms with van der Waals surface area (Å²) in [6.07, 6.45) is 2.24. The molecule has 0 saturated carbocycles. The molecule has 1 fully saturated rings. The number of ether oxygens (including phenoxy) is 4. The molecule has 2 aromatic rings. The van der Waals surface area contributed by atoms with E-state index in [1.165, 1.54) is 14.0 Å². The Kier molecular flexibility index (Phi) is 7.69. The number of Topliss-reactive ketones (excluding diaryl/α,β-unsaturated/α-hetero) is 2. The van der Waals surface area contributed by atoms with Gasteiger partial charge in [-0.05, 0) is 57.9 Å². The van der Waals surface area contributed by atoms with E-state index in [4.69, 9.17) is 18.9 Å². The van der Waals surface area contributed by atoms with Crippen LogP contribution in [-0.4, -0.2) is 55.1 Å². The molecular weight excluding hydrogens is 414 g/mol. The molecule has 1 aliphatic heterocycles. The van der Waals surface area contributed by atoms with Crippen LogP contribution in [0, 0.1) is 13.8 Å². The lowest BCUT2D eigenvalue weighted by molar-refractivity contribution is -0.144. The second-order valence-corrected chi connectivity index (χ2v) is 7.82. The summed E-state index contributed by atoms with van der Waals surface area (Å²) in [6.45, 7) is 6.02. The normalized spacial score (nSPS) is 15.4. The van der Waals surface area contributed by atoms with Gasteiger partial charge in [-0.3, -0.25) is 9.59 Å². The third-order valence-electron chi connectivity index (χ3n) is 5.56. The van der Waals surface area contributed by atoms with Gasteiger partial charge in [0.05, 0.1) is 13.2 Å². The fourth-order valence-electron chi connectivity index (χ4n) is 3.76. The van der Waals surface area contributed by atoms with Gasteiger partial charge in [0.1, 0.15) is 0 Å². The number of carbonyl (C=O) groups excluding carboxylic acids is 3. The molecule has 0 N–H and O–H groups in total. The monoisotopic (exact) mass is 443 g/mol. The number of carbonyl (C=O) groups is 3. The highest BCUT2D eigenvalue weighted by atomic mass is 16.6. The van der Waals surface area contributed by atoms with E-state index >= 15 is 0 Å². The highest BCUT2D eigenvalue weighted by Crippen LogP contribution is 2.28. The van der Waals surface area contributed by atoms with Gasteiger partial charge in [0, 0.05) is 35.7 Å². The standard InChI is InChI=1S/C24H29NO7/c1-15-10-20(16(2)25(15)12-19-6-5-9-30-19)21(27)13-32-24(28)14-31-22-8-7-18(17(3)26)11-23(22)29-4/h7-8,10-11,19H,5-6,9,12-14H2,1-4H3/t19-/m1/s1. The van der Waals surface area contributed by atoms with Crippen molar-refractivity contribution >= 4 is 17.5 Å². The Bertz CT molecular complexity index is 1000. The van der Waals surface area contributed by atoms with Crippen LogP contribution in [0.1, 0.15) is 51.9 Å². The van der Waals surface area contributed by atoms with Gasteiger partial charge in [0.25, 0.3) is 0 Å². The molecule has 172 valence electrons. The van der Waals surface area contributed by atoms with Crippen LogP contribution < -0.4 is 9.47 Å². The molecule has 2 heterocycles. The first kappa shape index (κ1) is 23.5. The van der Waals surface area contributed by atoms with E-state index in [2.05, 4.69) is 4.57 Å². The number of hydrogen-bond acceptors (Lipinski definition) is 7. The zero-order chi connectivity index (χ0) is 23.3. The maximum atomic E-state index is 12.6. The van der Waals surface area contributed by atoms with Crippen LogP contribution in [0.3, 0.4) is 0 Å². The minimum absolute atomic E-state index is 0.108. The molecule has 8 heteroatoms. The molecule has 0 spiro atoms. The van der Waals surface area contributed by atoms with Crippen LogP contribution in [0.5, 0.6) is 11.5 Å². The lowest BCUT2D eigenvalue weighted by Gasteiger charge is -2.14. The molecule has 1 saturated heterocycles. The Labute approximate surface area is 187 Å². The van der Waals surface area contributed by atoms with Crippen LogP contribution in [0.4, 0.5) is 0 Å². The van der Waals surface area contributed by atoms with Gasteiger partial charge in [-0.1, -0.05) is 0 Å². The van der Waals surface area contributed by atoms with Crippen LogP contribution in [0.15, 0.2) is 24.3 Å². The van der Waals surface area contributed by atoms with Crippen molar-refractivity contribution in [1.82, 2.24) is 4.57 Å². The SMILES string of the molecule is COc1cc(C(C)=O)ccc1OCC(=O)OCC(=O)c1cc(C)n(C[C@H]2CCCO2)c1C. The Balaban J connectivity index is 1.54. The van der Waals surface area contributed by atoms with Crippen molar-refractivity contribution in [1.29, 1.82) is 0 Å². The molecule has 1 aliphatic rings. The Hall–Kier alpha value is -3.13. The van der Waals surface area contributed by atoms with E-state index in [0.717, 1.165) is 30.8 Å². The fourth-order valence-corrected chi connectivity index (χ4v) is 3.76. The Morgan fingerprint density at radius 1 is 1.12 bits per heavy atom. The molecule has 8 nitrogen and oxygen atoms in total. The summed E-state index contributed by atoms with van der Waals surface area (Å²) >= 11 is 0. The number of esters is 1. The predicted octanol–water partition coefficient (Wildman–Crippen LogP) is 3.30. The summed E-state index contributed by atoms with van der Waals surface area (Å²) in [4.78, 5) is 36.2. The highest BCUT2D eigenvalue weighted by Gasteiger charge is 2.22. The summed E-state index contributed by atoms with van der Waals surface area (Å²) in [5, 5.41) is 0. The van der Waals surface area contributed by atoms with Gasteiger partial charge in [0.2, 0.25) is 5.78 Å². The van der Waals surface area contributed by atoms with Gasteiger partial charge in [-0.15, -0.1) is 0 Å². The second-order valence-electron chi connectivity index (χ2n) is 7.82. The number of rotatable bonds is 10. The van der Waals surface area contributed by atoms with Crippen molar-refractivity contribution in [3.05, 3.63) is 46.8 Å². The van der Waals surface area contributed by atoms with E-state index < -0.39 is 5.97 Å². The van der Waals surface area contributed by atoms with Gasteiger partial charge < -0.3 is 23.5 Å². The summed E-state index contributed by atoms with van der Waals surface area (Å²) in [7, 11) is 1.44. The fraction of sp³-hybridized carbons (Fsp3) is 0.458. The number of aryl methyl sites for hydroxylation is 1. The molecule has 0 radical (unpaired) electrons. The third kappa shape index (κ3) is 5.56. The molecule has 1 aromatic heterocycles. The van der Waals surface area contributed by atoms with E-state index in [1.54, 1.807) is 18.2 Å². The lowest BCUT2D eigenvalue weighted by atomic mass is 10.1. The molecule has 1 atom stereocenters. The van der Waals surface area contributed by atoms with Gasteiger partial charge in [-0.2, -0.15) is 0 Å². The van der Waals surface area contributed by atoms with E-state index in [0.29, 0.717) is 29.2 Å². The number of methoxy groups -OCH3 is 1. The van der Waals surface area contributed by atoms with Crippen LogP contribution in [-0.2, 0) is 20.8 Å². The van der Waals surface area contributed by atoms with Crippen molar-refractivity contribution in [3.63, 3.8) is 0 Å². The zero-order valence-corrected chi connectivity index (χ0v) is 18.9. The van der Waals surface area contributed by atoms with E-state index in [9.17, 15) is 14.4 Å². The number of ketones is 2. The highest BCUT2D eigenvalue weighted by molar-refractivity contribution is 5.99. The van der Waals surface area contributed by atoms with Gasteiger partial charge in [0.15, 0.2) is 30.5 Å². The number of aromatic nitrogens is 1. The summed E-state index contributed by atoms with van der Waals surface area (Å²) in [5.41, 5.74) is 2.82. The van der Waals surface area contributed by atoms with Crippen molar-refractivity contribution < 1.29 is 33.3 Å². The van der Waals surface area contributed by atoms with Gasteiger partial charge in [-0.25, -0.2) is 4.79 Å². The first-order valence-corrected chi connectivity index (χ1v) is 10.6. The quantitative estimate of drug-likeness (QED) is 0.411. The molecule has 3 rings (SSSR count). The minimum Gasteiger partial charge on any atom is -0.493 e. The number of nitrogens with zero attached hydrogens (tertiary/aromatic N) is 1. The summed E-state index contributed by atoms with van der Waals surface area (Å²) in [6, 6.07) is 6.50. The molecule has 0 aliphatic carbocycles. The molecular formula is C24H29NO7. The maximum absolute atomic E-state index is 12.6. The van der Waals surface area contributed by atoms with Crippen molar-refractivity contribution in [2.45, 2.75) is 46.3 Å². The van der Waals surface area contributed by atoms with Crippen LogP contribution >= 0.6 is 0 Å². The van der Waals surface area contributed by atoms with E-state index in [-0.39, 0.29) is 30.9 Å². The van der Waals surface area contributed by atoms with Crippen molar-refractivity contribution in [2.24, 2.45) is 0 Å². The smallest absolute Gasteiger partial charge is 0.344 e. The first-order chi connectivity index (χ1) is 15.3. The lowest BCUT2D eigenvalue weighted by Crippen LogP contribution is -2.20. The molecule has 0 amide bonds. The molecule has 32 heavy (non-hydrogen) atoms. The van der Waals surface area contributed by atoms with Crippen molar-refractivity contribution in [3.8, 4) is 11.5 Å². The Morgan fingerprint density at radius 3 is 2.56 bits per heavy atom. The summed E-state index contributed by atoms with van der Waals surface area (Å²) in [5.74, 6) is -0.417. The Morgan fingerprint density at radius 2 is 1.91 bits per heavy atom. The number of hydrogen-bond donors (Lipinski definition) is 0. The maximum Gasteiger partial charge on any atom is 0.344 e. The average molecular weight is 443 g/mol. The molecule has 0 unspecified atom stereocenters. The van der Waals surface area contributed by atoms with Crippen LogP contribution in [0.25, 0.3) is 0 Å².